The first kappa shape index (κ1) is 19.5. The molecule has 0 aliphatic rings. The molecule has 0 heterocycles. The Labute approximate surface area is 155 Å². The number of benzene rings is 2. The summed E-state index contributed by atoms with van der Waals surface area (Å²) in [6, 6.07) is 15.0. The van der Waals surface area contributed by atoms with Gasteiger partial charge in [0.25, 0.3) is 0 Å². The van der Waals surface area contributed by atoms with E-state index < -0.39 is 0 Å². The van der Waals surface area contributed by atoms with E-state index in [-0.39, 0.29) is 24.5 Å². The summed E-state index contributed by atoms with van der Waals surface area (Å²) in [5, 5.41) is 2.87. The molecule has 138 valence electrons. The van der Waals surface area contributed by atoms with Crippen LogP contribution in [0, 0.1) is 0 Å². The van der Waals surface area contributed by atoms with Gasteiger partial charge in [-0.25, -0.2) is 0 Å². The van der Waals surface area contributed by atoms with Crippen LogP contribution >= 0.6 is 0 Å². The van der Waals surface area contributed by atoms with Gasteiger partial charge in [0.2, 0.25) is 5.91 Å². The monoisotopic (exact) mass is 354 g/mol. The van der Waals surface area contributed by atoms with Crippen molar-refractivity contribution in [1.29, 1.82) is 0 Å². The number of carbonyl (C=O) groups excluding carboxylic acids is 2. The van der Waals surface area contributed by atoms with Crippen LogP contribution in [0.25, 0.3) is 0 Å². The fourth-order valence-corrected chi connectivity index (χ4v) is 2.51. The van der Waals surface area contributed by atoms with Crippen LogP contribution in [0.3, 0.4) is 0 Å². The van der Waals surface area contributed by atoms with Crippen molar-refractivity contribution in [3.05, 3.63) is 59.7 Å². The first-order valence-corrected chi connectivity index (χ1v) is 8.78. The first-order chi connectivity index (χ1) is 12.5. The normalized spacial score (nSPS) is 10.3. The van der Waals surface area contributed by atoms with E-state index in [2.05, 4.69) is 5.32 Å². The van der Waals surface area contributed by atoms with Gasteiger partial charge in [-0.15, -0.1) is 0 Å². The quantitative estimate of drug-likeness (QED) is 0.701. The maximum atomic E-state index is 12.2. The van der Waals surface area contributed by atoms with Crippen LogP contribution in [0.5, 0.6) is 5.75 Å². The molecule has 0 aromatic heterocycles. The second kappa shape index (κ2) is 9.61. The zero-order chi connectivity index (χ0) is 18.9. The van der Waals surface area contributed by atoms with Gasteiger partial charge in [0, 0.05) is 44.7 Å². The minimum Gasteiger partial charge on any atom is -0.494 e. The minimum absolute atomic E-state index is 0.0437. The van der Waals surface area contributed by atoms with Crippen molar-refractivity contribution in [2.45, 2.75) is 26.3 Å². The van der Waals surface area contributed by atoms with Gasteiger partial charge in [-0.3, -0.25) is 9.59 Å². The molecule has 2 aromatic carbocycles. The number of nitrogens with one attached hydrogen (secondary N) is 1. The summed E-state index contributed by atoms with van der Waals surface area (Å²) in [4.78, 5) is 26.2. The summed E-state index contributed by atoms with van der Waals surface area (Å²) < 4.78 is 5.36. The topological polar surface area (TPSA) is 58.6 Å². The highest BCUT2D eigenvalue weighted by atomic mass is 16.5. The maximum Gasteiger partial charge on any atom is 0.220 e. The number of ketones is 1. The molecular weight excluding hydrogens is 328 g/mol. The van der Waals surface area contributed by atoms with Crippen LogP contribution in [0.2, 0.25) is 0 Å². The van der Waals surface area contributed by atoms with E-state index in [0.717, 1.165) is 17.0 Å². The number of ether oxygens (including phenoxy) is 1. The average molecular weight is 354 g/mol. The van der Waals surface area contributed by atoms with E-state index >= 15 is 0 Å². The molecule has 5 heteroatoms. The summed E-state index contributed by atoms with van der Waals surface area (Å²) in [5.41, 5.74) is 2.71. The molecule has 0 bridgehead atoms. The van der Waals surface area contributed by atoms with E-state index in [4.69, 9.17) is 4.74 Å². The lowest BCUT2D eigenvalue weighted by Crippen LogP contribution is -2.23. The Bertz CT molecular complexity index is 739. The van der Waals surface area contributed by atoms with Gasteiger partial charge in [0.05, 0.1) is 6.61 Å². The molecule has 26 heavy (non-hydrogen) atoms. The third-order valence-electron chi connectivity index (χ3n) is 3.98. The van der Waals surface area contributed by atoms with Crippen LogP contribution in [-0.2, 0) is 11.3 Å². The lowest BCUT2D eigenvalue weighted by Gasteiger charge is -2.13. The Kier molecular flexibility index (Phi) is 7.21. The number of hydrogen-bond acceptors (Lipinski definition) is 4. The molecule has 5 nitrogen and oxygen atoms in total. The van der Waals surface area contributed by atoms with E-state index in [1.54, 1.807) is 24.3 Å². The molecule has 1 N–H and O–H groups in total. The molecule has 2 aromatic rings. The second-order valence-corrected chi connectivity index (χ2v) is 6.22. The van der Waals surface area contributed by atoms with Gasteiger partial charge < -0.3 is 15.0 Å². The van der Waals surface area contributed by atoms with Crippen LogP contribution in [0.1, 0.15) is 35.7 Å². The number of carbonyl (C=O) groups is 2. The number of hydrogen-bond donors (Lipinski definition) is 1. The molecule has 0 atom stereocenters. The molecule has 0 aliphatic heterocycles. The largest absolute Gasteiger partial charge is 0.494 e. The molecule has 0 radical (unpaired) electrons. The van der Waals surface area contributed by atoms with Crippen molar-refractivity contribution in [2.75, 3.05) is 25.6 Å². The zero-order valence-electron chi connectivity index (χ0n) is 15.6. The van der Waals surface area contributed by atoms with E-state index in [1.807, 2.05) is 50.2 Å². The van der Waals surface area contributed by atoms with Crippen molar-refractivity contribution >= 4 is 17.4 Å². The predicted octanol–water partition coefficient (Wildman–Crippen LogP) is 3.43. The van der Waals surface area contributed by atoms with E-state index in [0.29, 0.717) is 18.7 Å². The Balaban J connectivity index is 1.79. The van der Waals surface area contributed by atoms with Crippen molar-refractivity contribution in [3.8, 4) is 5.75 Å². The molecule has 0 spiro atoms. The van der Waals surface area contributed by atoms with Crippen molar-refractivity contribution in [3.63, 3.8) is 0 Å². The number of nitrogens with zero attached hydrogens (tertiary/aromatic N) is 1. The standard InChI is InChI=1S/C21H26N2O3/c1-4-26-19-10-8-17(9-11-19)20(24)12-13-21(25)22-15-16-6-5-7-18(14-16)23(2)3/h5-11,14H,4,12-13,15H2,1-3H3,(H,22,25). The molecule has 1 amide bonds. The second-order valence-electron chi connectivity index (χ2n) is 6.22. The zero-order valence-corrected chi connectivity index (χ0v) is 15.6. The Morgan fingerprint density at radius 3 is 2.42 bits per heavy atom. The minimum atomic E-state index is -0.125. The maximum absolute atomic E-state index is 12.2. The van der Waals surface area contributed by atoms with Crippen LogP contribution in [-0.4, -0.2) is 32.4 Å². The van der Waals surface area contributed by atoms with Crippen molar-refractivity contribution < 1.29 is 14.3 Å². The van der Waals surface area contributed by atoms with Crippen LogP contribution in [0.15, 0.2) is 48.5 Å². The Morgan fingerprint density at radius 1 is 1.04 bits per heavy atom. The highest BCUT2D eigenvalue weighted by Crippen LogP contribution is 2.15. The van der Waals surface area contributed by atoms with Crippen LogP contribution in [0.4, 0.5) is 5.69 Å². The molecule has 0 aliphatic carbocycles. The fourth-order valence-electron chi connectivity index (χ4n) is 2.51. The van der Waals surface area contributed by atoms with Gasteiger partial charge in [0.15, 0.2) is 5.78 Å². The van der Waals surface area contributed by atoms with E-state index in [9.17, 15) is 9.59 Å². The number of Topliss-reactive ketones (excluding diaryl/α,β-unsaturated/α-hetero) is 1. The highest BCUT2D eigenvalue weighted by molar-refractivity contribution is 5.98. The SMILES string of the molecule is CCOc1ccc(C(=O)CCC(=O)NCc2cccc(N(C)C)c2)cc1. The lowest BCUT2D eigenvalue weighted by molar-refractivity contribution is -0.121. The van der Waals surface area contributed by atoms with Gasteiger partial charge in [-0.05, 0) is 48.9 Å². The number of amides is 1. The third-order valence-corrected chi connectivity index (χ3v) is 3.98. The van der Waals surface area contributed by atoms with Gasteiger partial charge >= 0.3 is 0 Å². The Hall–Kier alpha value is -2.82. The smallest absolute Gasteiger partial charge is 0.220 e. The predicted molar refractivity (Wildman–Crippen MR) is 104 cm³/mol. The van der Waals surface area contributed by atoms with Crippen molar-refractivity contribution in [2.24, 2.45) is 0 Å². The molecule has 2 rings (SSSR count). The Morgan fingerprint density at radius 2 is 1.77 bits per heavy atom. The fraction of sp³-hybridized carbons (Fsp3) is 0.333. The third kappa shape index (κ3) is 5.92. The summed E-state index contributed by atoms with van der Waals surface area (Å²) in [6.07, 6.45) is 0.372. The highest BCUT2D eigenvalue weighted by Gasteiger charge is 2.10. The summed E-state index contributed by atoms with van der Waals surface area (Å²) in [5.74, 6) is 0.569. The molecular formula is C21H26N2O3. The summed E-state index contributed by atoms with van der Waals surface area (Å²) >= 11 is 0. The van der Waals surface area contributed by atoms with Crippen molar-refractivity contribution in [1.82, 2.24) is 5.32 Å². The molecule has 0 unspecified atom stereocenters. The number of rotatable bonds is 9. The average Bonchev–Trinajstić information content (AvgIpc) is 2.65. The lowest BCUT2D eigenvalue weighted by atomic mass is 10.1. The van der Waals surface area contributed by atoms with Gasteiger partial charge in [-0.2, -0.15) is 0 Å². The summed E-state index contributed by atoms with van der Waals surface area (Å²) in [6.45, 7) is 2.96. The van der Waals surface area contributed by atoms with Gasteiger partial charge in [-0.1, -0.05) is 12.1 Å². The first-order valence-electron chi connectivity index (χ1n) is 8.78. The molecule has 0 saturated carbocycles. The van der Waals surface area contributed by atoms with Gasteiger partial charge in [0.1, 0.15) is 5.75 Å². The van der Waals surface area contributed by atoms with E-state index in [1.165, 1.54) is 0 Å². The molecule has 0 saturated heterocycles. The molecule has 0 fully saturated rings. The van der Waals surface area contributed by atoms with Crippen LogP contribution < -0.4 is 15.0 Å². The number of anilines is 1. The summed E-state index contributed by atoms with van der Waals surface area (Å²) in [7, 11) is 3.95.